The molecule has 1 aliphatic heterocycles. The van der Waals surface area contributed by atoms with E-state index in [-0.39, 0.29) is 26.7 Å². The van der Waals surface area contributed by atoms with Gasteiger partial charge in [-0.2, -0.15) is 4.31 Å². The predicted octanol–water partition coefficient (Wildman–Crippen LogP) is 3.17. The molecule has 3 aromatic rings. The Bertz CT molecular complexity index is 1340. The summed E-state index contributed by atoms with van der Waals surface area (Å²) in [7, 11) is -2.08. The summed E-state index contributed by atoms with van der Waals surface area (Å²) in [5, 5.41) is 2.70. The maximum Gasteiger partial charge on any atom is 0.295 e. The number of benzene rings is 2. The number of anilines is 1. The van der Waals surface area contributed by atoms with Crippen LogP contribution in [0.1, 0.15) is 28.9 Å². The number of carbonyl (C=O) groups excluding carboxylic acids is 1. The van der Waals surface area contributed by atoms with Crippen molar-refractivity contribution in [3.8, 4) is 5.69 Å². The van der Waals surface area contributed by atoms with Crippen LogP contribution < -0.4 is 10.9 Å². The molecule has 0 radical (unpaired) electrons. The standard InChI is InChI=1S/C22H23ClN4O4S/c1-15-20(22(29)27(25(15)2)17-8-4-3-5-9-17)24-21(28)16-10-11-18(23)19(14-16)32(30,31)26-12-6-7-13-26/h3-5,8-11,14H,6-7,12-13H2,1-2H3,(H,24,28). The fourth-order valence-corrected chi connectivity index (χ4v) is 5.83. The van der Waals surface area contributed by atoms with Crippen molar-refractivity contribution in [2.75, 3.05) is 18.4 Å². The minimum absolute atomic E-state index is 0.0516. The van der Waals surface area contributed by atoms with Gasteiger partial charge in [-0.05, 0) is 50.1 Å². The number of hydrogen-bond acceptors (Lipinski definition) is 4. The molecule has 2 aromatic carbocycles. The summed E-state index contributed by atoms with van der Waals surface area (Å²) in [5.74, 6) is -0.592. The van der Waals surface area contributed by atoms with Gasteiger partial charge in [0.1, 0.15) is 10.6 Å². The first-order chi connectivity index (χ1) is 15.2. The van der Waals surface area contributed by atoms with Crippen LogP contribution in [0.3, 0.4) is 0 Å². The first kappa shape index (κ1) is 22.3. The van der Waals surface area contributed by atoms with Gasteiger partial charge in [0.25, 0.3) is 11.5 Å². The Kier molecular flexibility index (Phi) is 5.98. The zero-order chi connectivity index (χ0) is 23.0. The fraction of sp³-hybridized carbons (Fsp3) is 0.273. The summed E-state index contributed by atoms with van der Waals surface area (Å²) in [6.45, 7) is 2.58. The number of nitrogens with one attached hydrogen (secondary N) is 1. The number of sulfonamides is 1. The largest absolute Gasteiger partial charge is 0.316 e. The molecule has 2 heterocycles. The molecule has 168 valence electrons. The van der Waals surface area contributed by atoms with Crippen molar-refractivity contribution < 1.29 is 13.2 Å². The number of nitrogens with zero attached hydrogens (tertiary/aromatic N) is 3. The average molecular weight is 475 g/mol. The molecular formula is C22H23ClN4O4S. The quantitative estimate of drug-likeness (QED) is 0.614. The van der Waals surface area contributed by atoms with E-state index in [1.165, 1.54) is 27.2 Å². The number of amides is 1. The molecule has 10 heteroatoms. The van der Waals surface area contributed by atoms with Crippen molar-refractivity contribution in [1.82, 2.24) is 13.7 Å². The normalized spacial score (nSPS) is 14.6. The zero-order valence-corrected chi connectivity index (χ0v) is 19.3. The van der Waals surface area contributed by atoms with E-state index in [0.29, 0.717) is 24.5 Å². The molecule has 1 N–H and O–H groups in total. The topological polar surface area (TPSA) is 93.4 Å². The maximum absolute atomic E-state index is 13.0. The third kappa shape index (κ3) is 3.87. The molecule has 1 aromatic heterocycles. The lowest BCUT2D eigenvalue weighted by Crippen LogP contribution is -2.28. The molecule has 0 unspecified atom stereocenters. The Balaban J connectivity index is 1.68. The second-order valence-electron chi connectivity index (χ2n) is 7.65. The lowest BCUT2D eigenvalue weighted by atomic mass is 10.2. The third-order valence-electron chi connectivity index (χ3n) is 5.67. The molecule has 32 heavy (non-hydrogen) atoms. The highest BCUT2D eigenvalue weighted by Crippen LogP contribution is 2.28. The van der Waals surface area contributed by atoms with Crippen LogP contribution in [0, 0.1) is 6.92 Å². The summed E-state index contributed by atoms with van der Waals surface area (Å²) >= 11 is 6.17. The first-order valence-electron chi connectivity index (χ1n) is 10.2. The Hall–Kier alpha value is -2.88. The Morgan fingerprint density at radius 1 is 1.06 bits per heavy atom. The maximum atomic E-state index is 13.0. The van der Waals surface area contributed by atoms with E-state index in [1.54, 1.807) is 30.8 Å². The van der Waals surface area contributed by atoms with E-state index in [1.807, 2.05) is 18.2 Å². The Morgan fingerprint density at radius 2 is 1.72 bits per heavy atom. The van der Waals surface area contributed by atoms with Crippen LogP contribution in [-0.4, -0.2) is 41.1 Å². The van der Waals surface area contributed by atoms with Crippen molar-refractivity contribution in [2.24, 2.45) is 7.05 Å². The highest BCUT2D eigenvalue weighted by Gasteiger charge is 2.30. The molecule has 0 atom stereocenters. The molecule has 0 spiro atoms. The van der Waals surface area contributed by atoms with Crippen LogP contribution in [0.2, 0.25) is 5.02 Å². The van der Waals surface area contributed by atoms with E-state index in [9.17, 15) is 18.0 Å². The summed E-state index contributed by atoms with van der Waals surface area (Å²) in [6, 6.07) is 13.2. The minimum Gasteiger partial charge on any atom is -0.316 e. The average Bonchev–Trinajstić information content (AvgIpc) is 3.39. The molecule has 8 nitrogen and oxygen atoms in total. The van der Waals surface area contributed by atoms with E-state index in [2.05, 4.69) is 5.32 Å². The van der Waals surface area contributed by atoms with Gasteiger partial charge in [-0.3, -0.25) is 14.3 Å². The number of halogens is 1. The van der Waals surface area contributed by atoms with Crippen molar-refractivity contribution in [3.05, 3.63) is 75.2 Å². The summed E-state index contributed by atoms with van der Waals surface area (Å²) < 4.78 is 30.4. The number of carbonyl (C=O) groups is 1. The van der Waals surface area contributed by atoms with Gasteiger partial charge >= 0.3 is 0 Å². The van der Waals surface area contributed by atoms with Crippen molar-refractivity contribution >= 4 is 33.2 Å². The van der Waals surface area contributed by atoms with E-state index in [4.69, 9.17) is 11.6 Å². The van der Waals surface area contributed by atoms with Crippen molar-refractivity contribution in [3.63, 3.8) is 0 Å². The molecule has 4 rings (SSSR count). The molecule has 1 saturated heterocycles. The molecule has 1 amide bonds. The van der Waals surface area contributed by atoms with Crippen molar-refractivity contribution in [2.45, 2.75) is 24.7 Å². The SMILES string of the molecule is Cc1c(NC(=O)c2ccc(Cl)c(S(=O)(=O)N3CCCC3)c2)c(=O)n(-c2ccccc2)n1C. The number of aromatic nitrogens is 2. The van der Waals surface area contributed by atoms with Crippen LogP contribution in [-0.2, 0) is 17.1 Å². The second-order valence-corrected chi connectivity index (χ2v) is 9.96. The molecular weight excluding hydrogens is 452 g/mol. The van der Waals surface area contributed by atoms with Gasteiger partial charge in [0.05, 0.1) is 16.4 Å². The predicted molar refractivity (Wildman–Crippen MR) is 123 cm³/mol. The van der Waals surface area contributed by atoms with Crippen LogP contribution >= 0.6 is 11.6 Å². The van der Waals surface area contributed by atoms with E-state index >= 15 is 0 Å². The number of rotatable bonds is 5. The summed E-state index contributed by atoms with van der Waals surface area (Å²) in [6.07, 6.45) is 1.58. The summed E-state index contributed by atoms with van der Waals surface area (Å²) in [5.41, 5.74) is 1.06. The molecule has 0 bridgehead atoms. The Labute approximate surface area is 191 Å². The summed E-state index contributed by atoms with van der Waals surface area (Å²) in [4.78, 5) is 25.9. The molecule has 0 aliphatic carbocycles. The van der Waals surface area contributed by atoms with Gasteiger partial charge in [-0.15, -0.1) is 0 Å². The van der Waals surface area contributed by atoms with E-state index < -0.39 is 15.9 Å². The minimum atomic E-state index is -3.80. The van der Waals surface area contributed by atoms with Gasteiger partial charge < -0.3 is 5.32 Å². The number of hydrogen-bond donors (Lipinski definition) is 1. The van der Waals surface area contributed by atoms with Gasteiger partial charge in [0.2, 0.25) is 10.0 Å². The molecule has 1 fully saturated rings. The zero-order valence-electron chi connectivity index (χ0n) is 17.7. The first-order valence-corrected chi connectivity index (χ1v) is 12.0. The monoisotopic (exact) mass is 474 g/mol. The van der Waals surface area contributed by atoms with Gasteiger partial charge in [0.15, 0.2) is 0 Å². The Morgan fingerprint density at radius 3 is 2.38 bits per heavy atom. The van der Waals surface area contributed by atoms with Crippen LogP contribution in [0.15, 0.2) is 58.2 Å². The molecule has 0 saturated carbocycles. The third-order valence-corrected chi connectivity index (χ3v) is 8.05. The molecule has 1 aliphatic rings. The van der Waals surface area contributed by atoms with Gasteiger partial charge in [-0.1, -0.05) is 29.8 Å². The van der Waals surface area contributed by atoms with Crippen molar-refractivity contribution in [1.29, 1.82) is 0 Å². The van der Waals surface area contributed by atoms with Gasteiger partial charge in [-0.25, -0.2) is 13.1 Å². The van der Waals surface area contributed by atoms with Crippen LogP contribution in [0.4, 0.5) is 5.69 Å². The van der Waals surface area contributed by atoms with Gasteiger partial charge in [0, 0.05) is 25.7 Å². The fourth-order valence-electron chi connectivity index (χ4n) is 3.81. The highest BCUT2D eigenvalue weighted by molar-refractivity contribution is 7.89. The van der Waals surface area contributed by atoms with E-state index in [0.717, 1.165) is 12.8 Å². The smallest absolute Gasteiger partial charge is 0.295 e. The lowest BCUT2D eigenvalue weighted by Gasteiger charge is -2.17. The highest BCUT2D eigenvalue weighted by atomic mass is 35.5. The number of para-hydroxylation sites is 1. The van der Waals surface area contributed by atoms with Crippen LogP contribution in [0.25, 0.3) is 5.69 Å². The van der Waals surface area contributed by atoms with Crippen LogP contribution in [0.5, 0.6) is 0 Å². The second kappa shape index (κ2) is 8.57. The lowest BCUT2D eigenvalue weighted by molar-refractivity contribution is 0.102.